The normalized spacial score (nSPS) is 13.3. The fraction of sp³-hybridized carbons (Fsp3) is 0. The Morgan fingerprint density at radius 3 is 2.11 bits per heavy atom. The summed E-state index contributed by atoms with van der Waals surface area (Å²) in [7, 11) is 0. The number of hydrogen-bond donors (Lipinski definition) is 3. The van der Waals surface area contributed by atoms with Crippen LogP contribution in [0.2, 0.25) is 0 Å². The third-order valence-electron chi connectivity index (χ3n) is 0.761. The fourth-order valence-corrected chi connectivity index (χ4v) is 0.299. The maximum absolute atomic E-state index is 5.32. The molecule has 0 aromatic rings. The molecule has 0 aliphatic carbocycles. The standard InChI is InChI=1S/C6H11N3/c1-2-5(8)3-6(9)4-7/h2-4H,1,7-9H2/b5-3+,6-4+. The van der Waals surface area contributed by atoms with E-state index in [4.69, 9.17) is 17.2 Å². The van der Waals surface area contributed by atoms with Crippen LogP contribution in [0.25, 0.3) is 0 Å². The molecule has 0 unspecified atom stereocenters. The van der Waals surface area contributed by atoms with Gasteiger partial charge in [0.2, 0.25) is 0 Å². The molecule has 3 nitrogen and oxygen atoms in total. The third kappa shape index (κ3) is 3.22. The summed E-state index contributed by atoms with van der Waals surface area (Å²) >= 11 is 0. The van der Waals surface area contributed by atoms with Crippen molar-refractivity contribution in [2.45, 2.75) is 0 Å². The van der Waals surface area contributed by atoms with Gasteiger partial charge in [0.25, 0.3) is 0 Å². The van der Waals surface area contributed by atoms with Crippen LogP contribution < -0.4 is 17.2 Å². The van der Waals surface area contributed by atoms with Gasteiger partial charge in [0.1, 0.15) is 0 Å². The van der Waals surface area contributed by atoms with Crippen LogP contribution in [0.5, 0.6) is 0 Å². The van der Waals surface area contributed by atoms with Crippen molar-refractivity contribution in [1.82, 2.24) is 0 Å². The lowest BCUT2D eigenvalue weighted by molar-refractivity contribution is 1.31. The molecule has 0 heterocycles. The minimum Gasteiger partial charge on any atom is -0.403 e. The molecule has 0 saturated heterocycles. The fourth-order valence-electron chi connectivity index (χ4n) is 0.299. The van der Waals surface area contributed by atoms with Gasteiger partial charge >= 0.3 is 0 Å². The van der Waals surface area contributed by atoms with Gasteiger partial charge in [-0.05, 0) is 12.2 Å². The monoisotopic (exact) mass is 125 g/mol. The van der Waals surface area contributed by atoms with Crippen molar-refractivity contribution in [3.63, 3.8) is 0 Å². The van der Waals surface area contributed by atoms with Crippen LogP contribution in [0.15, 0.2) is 36.3 Å². The van der Waals surface area contributed by atoms with Gasteiger partial charge in [0.05, 0.1) is 0 Å². The second-order valence-corrected chi connectivity index (χ2v) is 1.52. The molecule has 0 aliphatic rings. The molecule has 6 N–H and O–H groups in total. The molecule has 3 heteroatoms. The van der Waals surface area contributed by atoms with Crippen LogP contribution in [0.1, 0.15) is 0 Å². The van der Waals surface area contributed by atoms with E-state index < -0.39 is 0 Å². The van der Waals surface area contributed by atoms with E-state index in [2.05, 4.69) is 6.58 Å². The zero-order valence-electron chi connectivity index (χ0n) is 5.17. The average Bonchev–Trinajstić information content (AvgIpc) is 1.87. The summed E-state index contributed by atoms with van der Waals surface area (Å²) in [5.74, 6) is 0. The van der Waals surface area contributed by atoms with Crippen LogP contribution in [0, 0.1) is 0 Å². The second kappa shape index (κ2) is 3.60. The van der Waals surface area contributed by atoms with E-state index in [1.807, 2.05) is 0 Å². The van der Waals surface area contributed by atoms with E-state index in [9.17, 15) is 0 Å². The van der Waals surface area contributed by atoms with Gasteiger partial charge < -0.3 is 17.2 Å². The molecule has 0 bridgehead atoms. The molecule has 0 saturated carbocycles. The SMILES string of the molecule is C=C/C(N)=C\C(N)=C/N. The number of hydrogen-bond acceptors (Lipinski definition) is 3. The lowest BCUT2D eigenvalue weighted by Crippen LogP contribution is -2.01. The van der Waals surface area contributed by atoms with Crippen molar-refractivity contribution < 1.29 is 0 Å². The highest BCUT2D eigenvalue weighted by molar-refractivity contribution is 5.23. The molecule has 0 aromatic heterocycles. The summed E-state index contributed by atoms with van der Waals surface area (Å²) in [5, 5.41) is 0. The van der Waals surface area contributed by atoms with Crippen molar-refractivity contribution in [2.75, 3.05) is 0 Å². The molecular weight excluding hydrogens is 114 g/mol. The van der Waals surface area contributed by atoms with Crippen molar-refractivity contribution in [3.05, 3.63) is 36.3 Å². The zero-order chi connectivity index (χ0) is 7.28. The predicted molar refractivity (Wildman–Crippen MR) is 38.9 cm³/mol. The highest BCUT2D eigenvalue weighted by Gasteiger charge is 1.81. The predicted octanol–water partition coefficient (Wildman–Crippen LogP) is -0.226. The summed E-state index contributed by atoms with van der Waals surface area (Å²) in [6.45, 7) is 3.43. The molecule has 0 aliphatic heterocycles. The summed E-state index contributed by atoms with van der Waals surface area (Å²) in [6.07, 6.45) is 4.31. The van der Waals surface area contributed by atoms with Crippen LogP contribution in [0.4, 0.5) is 0 Å². The maximum Gasteiger partial charge on any atom is 0.0492 e. The first-order valence-electron chi connectivity index (χ1n) is 2.47. The Morgan fingerprint density at radius 2 is 1.78 bits per heavy atom. The van der Waals surface area contributed by atoms with Crippen LogP contribution >= 0.6 is 0 Å². The first-order chi connectivity index (χ1) is 4.20. The van der Waals surface area contributed by atoms with Gasteiger partial charge in [-0.1, -0.05) is 6.58 Å². The van der Waals surface area contributed by atoms with E-state index in [-0.39, 0.29) is 0 Å². The Bertz CT molecular complexity index is 156. The molecule has 0 radical (unpaired) electrons. The number of allylic oxidation sites excluding steroid dienone is 2. The molecular formula is C6H11N3. The maximum atomic E-state index is 5.32. The summed E-state index contributed by atoms with van der Waals surface area (Å²) in [5.41, 5.74) is 16.6. The molecule has 50 valence electrons. The Hall–Kier alpha value is -1.38. The Balaban J connectivity index is 4.11. The van der Waals surface area contributed by atoms with Gasteiger partial charge in [0, 0.05) is 17.6 Å². The smallest absolute Gasteiger partial charge is 0.0492 e. The van der Waals surface area contributed by atoms with Crippen LogP contribution in [-0.2, 0) is 0 Å². The lowest BCUT2D eigenvalue weighted by Gasteiger charge is -1.91. The second-order valence-electron chi connectivity index (χ2n) is 1.52. The molecule has 0 rings (SSSR count). The van der Waals surface area contributed by atoms with E-state index >= 15 is 0 Å². The van der Waals surface area contributed by atoms with Crippen LogP contribution in [-0.4, -0.2) is 0 Å². The summed E-state index contributed by atoms with van der Waals surface area (Å²) in [4.78, 5) is 0. The van der Waals surface area contributed by atoms with Gasteiger partial charge in [-0.15, -0.1) is 0 Å². The molecule has 0 atom stereocenters. The van der Waals surface area contributed by atoms with Crippen molar-refractivity contribution in [1.29, 1.82) is 0 Å². The number of rotatable bonds is 2. The van der Waals surface area contributed by atoms with Gasteiger partial charge in [0.15, 0.2) is 0 Å². The van der Waals surface area contributed by atoms with E-state index in [0.717, 1.165) is 0 Å². The Kier molecular flexibility index (Phi) is 3.05. The summed E-state index contributed by atoms with van der Waals surface area (Å²) in [6, 6.07) is 0. The van der Waals surface area contributed by atoms with Crippen molar-refractivity contribution in [3.8, 4) is 0 Å². The quantitative estimate of drug-likeness (QED) is 0.446. The van der Waals surface area contributed by atoms with E-state index in [1.54, 1.807) is 0 Å². The largest absolute Gasteiger partial charge is 0.403 e. The van der Waals surface area contributed by atoms with Crippen molar-refractivity contribution >= 4 is 0 Å². The van der Waals surface area contributed by atoms with E-state index in [1.165, 1.54) is 18.4 Å². The Morgan fingerprint density at radius 1 is 1.22 bits per heavy atom. The van der Waals surface area contributed by atoms with Gasteiger partial charge in [-0.2, -0.15) is 0 Å². The first-order valence-corrected chi connectivity index (χ1v) is 2.47. The lowest BCUT2D eigenvalue weighted by atomic mass is 10.3. The molecule has 0 fully saturated rings. The molecule has 0 amide bonds. The first kappa shape index (κ1) is 7.62. The minimum absolute atomic E-state index is 0.437. The average molecular weight is 125 g/mol. The summed E-state index contributed by atoms with van der Waals surface area (Å²) < 4.78 is 0. The van der Waals surface area contributed by atoms with Gasteiger partial charge in [-0.3, -0.25) is 0 Å². The Labute approximate surface area is 54.5 Å². The third-order valence-corrected chi connectivity index (χ3v) is 0.761. The van der Waals surface area contributed by atoms with Crippen molar-refractivity contribution in [2.24, 2.45) is 17.2 Å². The minimum atomic E-state index is 0.437. The highest BCUT2D eigenvalue weighted by Crippen LogP contribution is 1.88. The topological polar surface area (TPSA) is 78.1 Å². The molecule has 0 spiro atoms. The zero-order valence-corrected chi connectivity index (χ0v) is 5.17. The molecule has 9 heavy (non-hydrogen) atoms. The highest BCUT2D eigenvalue weighted by atomic mass is 14.6. The van der Waals surface area contributed by atoms with Gasteiger partial charge in [-0.25, -0.2) is 0 Å². The molecule has 0 aromatic carbocycles. The van der Waals surface area contributed by atoms with E-state index in [0.29, 0.717) is 11.4 Å². The van der Waals surface area contributed by atoms with Crippen LogP contribution in [0.3, 0.4) is 0 Å². The number of nitrogens with two attached hydrogens (primary N) is 3.